The molecule has 0 bridgehead atoms. The van der Waals surface area contributed by atoms with E-state index in [4.69, 9.17) is 0 Å². The molecule has 0 aliphatic rings. The molecule has 0 radical (unpaired) electrons. The molecule has 2 nitrogen and oxygen atoms in total. The van der Waals surface area contributed by atoms with Crippen molar-refractivity contribution < 1.29 is 0 Å². The van der Waals surface area contributed by atoms with E-state index < -0.39 is 0 Å². The summed E-state index contributed by atoms with van der Waals surface area (Å²) in [4.78, 5) is 10.2. The second-order valence-electron chi connectivity index (χ2n) is 3.99. The second kappa shape index (κ2) is 5.67. The van der Waals surface area contributed by atoms with E-state index in [9.17, 15) is 0 Å². The fourth-order valence-electron chi connectivity index (χ4n) is 1.74. The summed E-state index contributed by atoms with van der Waals surface area (Å²) in [7, 11) is 0. The topological polar surface area (TPSA) is 25.8 Å². The number of benzene rings is 1. The minimum Gasteiger partial charge on any atom is -0.255 e. The van der Waals surface area contributed by atoms with Crippen molar-refractivity contribution in [3.63, 3.8) is 0 Å². The fraction of sp³-hybridized carbons (Fsp3) is 0. The molecule has 3 rings (SSSR count). The maximum absolute atomic E-state index is 4.64. The first-order valence-electron chi connectivity index (χ1n) is 6.03. The van der Waals surface area contributed by atoms with Crippen molar-refractivity contribution in [1.29, 1.82) is 0 Å². The van der Waals surface area contributed by atoms with Crippen molar-refractivity contribution >= 4 is 11.8 Å². The Hall–Kier alpha value is -2.13. The van der Waals surface area contributed by atoms with Crippen molar-refractivity contribution in [3.8, 4) is 11.4 Å². The molecule has 0 aliphatic heterocycles. The van der Waals surface area contributed by atoms with Gasteiger partial charge in [-0.3, -0.25) is 4.98 Å². The van der Waals surface area contributed by atoms with Crippen LogP contribution in [0.1, 0.15) is 0 Å². The van der Waals surface area contributed by atoms with Crippen LogP contribution in [0, 0.1) is 0 Å². The van der Waals surface area contributed by atoms with E-state index in [1.54, 1.807) is 18.0 Å². The number of aromatic nitrogens is 2. The first kappa shape index (κ1) is 11.9. The molecule has 0 spiro atoms. The van der Waals surface area contributed by atoms with E-state index in [1.165, 1.54) is 4.90 Å². The highest BCUT2D eigenvalue weighted by atomic mass is 32.2. The van der Waals surface area contributed by atoms with Crippen LogP contribution in [-0.2, 0) is 0 Å². The summed E-state index contributed by atoms with van der Waals surface area (Å²) in [6.45, 7) is 0. The molecule has 0 unspecified atom stereocenters. The molecular formula is C16H12N2S. The first-order valence-corrected chi connectivity index (χ1v) is 6.85. The third-order valence-electron chi connectivity index (χ3n) is 2.62. The Kier molecular flexibility index (Phi) is 3.56. The van der Waals surface area contributed by atoms with Crippen LogP contribution < -0.4 is 0 Å². The lowest BCUT2D eigenvalue weighted by atomic mass is 10.2. The zero-order valence-corrected chi connectivity index (χ0v) is 11.0. The van der Waals surface area contributed by atoms with E-state index in [1.807, 2.05) is 54.6 Å². The van der Waals surface area contributed by atoms with E-state index in [-0.39, 0.29) is 0 Å². The molecule has 0 N–H and O–H groups in total. The SMILES string of the molecule is c1ccc(Sc2cccc(-c3ccccn3)n2)cc1. The molecule has 3 aromatic rings. The standard InChI is InChI=1S/C16H12N2S/c1-2-7-13(8-3-1)19-16-11-6-10-15(18-16)14-9-4-5-12-17-14/h1-12H. The number of pyridine rings is 2. The van der Waals surface area contributed by atoms with Gasteiger partial charge < -0.3 is 0 Å². The Bertz CT molecular complexity index is 654. The summed E-state index contributed by atoms with van der Waals surface area (Å²) in [5, 5.41) is 0.981. The third-order valence-corrected chi connectivity index (χ3v) is 3.56. The highest BCUT2D eigenvalue weighted by Gasteiger charge is 2.03. The summed E-state index contributed by atoms with van der Waals surface area (Å²) in [6, 6.07) is 22.1. The van der Waals surface area contributed by atoms with Crippen LogP contribution in [0.5, 0.6) is 0 Å². The quantitative estimate of drug-likeness (QED) is 0.705. The van der Waals surface area contributed by atoms with Crippen LogP contribution in [0.15, 0.2) is 82.8 Å². The smallest absolute Gasteiger partial charge is 0.102 e. The van der Waals surface area contributed by atoms with Crippen molar-refractivity contribution in [3.05, 3.63) is 72.9 Å². The van der Waals surface area contributed by atoms with Crippen LogP contribution in [0.4, 0.5) is 0 Å². The van der Waals surface area contributed by atoms with Gasteiger partial charge in [0.25, 0.3) is 0 Å². The third kappa shape index (κ3) is 3.01. The highest BCUT2D eigenvalue weighted by molar-refractivity contribution is 7.99. The van der Waals surface area contributed by atoms with Gasteiger partial charge in [-0.25, -0.2) is 4.98 Å². The lowest BCUT2D eigenvalue weighted by Crippen LogP contribution is -1.87. The molecule has 3 heteroatoms. The summed E-state index contributed by atoms with van der Waals surface area (Å²) >= 11 is 1.66. The molecule has 0 amide bonds. The van der Waals surface area contributed by atoms with Crippen LogP contribution in [0.2, 0.25) is 0 Å². The first-order chi connectivity index (χ1) is 9.42. The lowest BCUT2D eigenvalue weighted by Gasteiger charge is -2.03. The molecule has 0 saturated heterocycles. The molecule has 2 heterocycles. The van der Waals surface area contributed by atoms with Gasteiger partial charge in [0, 0.05) is 11.1 Å². The van der Waals surface area contributed by atoms with Crippen LogP contribution >= 0.6 is 11.8 Å². The largest absolute Gasteiger partial charge is 0.255 e. The molecule has 0 fully saturated rings. The minimum absolute atomic E-state index is 0.901. The van der Waals surface area contributed by atoms with Gasteiger partial charge in [-0.15, -0.1) is 0 Å². The molecule has 0 atom stereocenters. The van der Waals surface area contributed by atoms with Gasteiger partial charge in [-0.05, 0) is 36.4 Å². The zero-order chi connectivity index (χ0) is 12.9. The summed E-state index contributed by atoms with van der Waals surface area (Å²) in [5.74, 6) is 0. The van der Waals surface area contributed by atoms with Gasteiger partial charge in [-0.2, -0.15) is 0 Å². The zero-order valence-electron chi connectivity index (χ0n) is 10.2. The summed E-state index contributed by atoms with van der Waals surface area (Å²) < 4.78 is 0. The van der Waals surface area contributed by atoms with Gasteiger partial charge in [0.05, 0.1) is 11.4 Å². The van der Waals surface area contributed by atoms with Crippen molar-refractivity contribution in [2.24, 2.45) is 0 Å². The fourth-order valence-corrected chi connectivity index (χ4v) is 2.56. The van der Waals surface area contributed by atoms with E-state index >= 15 is 0 Å². The molecule has 2 aromatic heterocycles. The molecule has 1 aromatic carbocycles. The monoisotopic (exact) mass is 264 g/mol. The van der Waals surface area contributed by atoms with Crippen molar-refractivity contribution in [1.82, 2.24) is 9.97 Å². The predicted octanol–water partition coefficient (Wildman–Crippen LogP) is 4.29. The minimum atomic E-state index is 0.901. The number of nitrogens with zero attached hydrogens (tertiary/aromatic N) is 2. The highest BCUT2D eigenvalue weighted by Crippen LogP contribution is 2.27. The Morgan fingerprint density at radius 1 is 0.684 bits per heavy atom. The Balaban J connectivity index is 1.89. The van der Waals surface area contributed by atoms with Crippen molar-refractivity contribution in [2.45, 2.75) is 9.92 Å². The Morgan fingerprint density at radius 3 is 2.26 bits per heavy atom. The van der Waals surface area contributed by atoms with Crippen LogP contribution in [-0.4, -0.2) is 9.97 Å². The second-order valence-corrected chi connectivity index (χ2v) is 5.08. The average Bonchev–Trinajstić information content (AvgIpc) is 2.49. The Labute approximate surface area is 116 Å². The van der Waals surface area contributed by atoms with Gasteiger partial charge in [0.15, 0.2) is 0 Å². The van der Waals surface area contributed by atoms with Gasteiger partial charge >= 0.3 is 0 Å². The lowest BCUT2D eigenvalue weighted by molar-refractivity contribution is 1.12. The van der Waals surface area contributed by atoms with Crippen LogP contribution in [0.3, 0.4) is 0 Å². The normalized spacial score (nSPS) is 10.3. The average molecular weight is 264 g/mol. The van der Waals surface area contributed by atoms with Gasteiger partial charge in [0.1, 0.15) is 5.03 Å². The molecular weight excluding hydrogens is 252 g/mol. The summed E-state index contributed by atoms with van der Waals surface area (Å²) in [5.41, 5.74) is 1.81. The van der Waals surface area contributed by atoms with Gasteiger partial charge in [-0.1, -0.05) is 42.1 Å². The van der Waals surface area contributed by atoms with E-state index in [0.29, 0.717) is 0 Å². The maximum atomic E-state index is 4.64. The van der Waals surface area contributed by atoms with Crippen LogP contribution in [0.25, 0.3) is 11.4 Å². The molecule has 0 aliphatic carbocycles. The number of hydrogen-bond acceptors (Lipinski definition) is 3. The number of rotatable bonds is 3. The summed E-state index contributed by atoms with van der Waals surface area (Å²) in [6.07, 6.45) is 1.79. The predicted molar refractivity (Wildman–Crippen MR) is 78.0 cm³/mol. The van der Waals surface area contributed by atoms with E-state index in [0.717, 1.165) is 16.4 Å². The number of hydrogen-bond donors (Lipinski definition) is 0. The Morgan fingerprint density at radius 2 is 1.47 bits per heavy atom. The molecule has 19 heavy (non-hydrogen) atoms. The molecule has 0 saturated carbocycles. The molecule has 92 valence electrons. The maximum Gasteiger partial charge on any atom is 0.102 e. The van der Waals surface area contributed by atoms with Gasteiger partial charge in [0.2, 0.25) is 0 Å². The van der Waals surface area contributed by atoms with E-state index in [2.05, 4.69) is 22.1 Å². The van der Waals surface area contributed by atoms with Crippen molar-refractivity contribution in [2.75, 3.05) is 0 Å².